The number of amides is 2. The molecular formula is C18H14N2O5. The van der Waals surface area contributed by atoms with E-state index in [1.807, 2.05) is 0 Å². The minimum absolute atomic E-state index is 0.308. The van der Waals surface area contributed by atoms with Crippen LogP contribution in [0, 0.1) is 0 Å². The summed E-state index contributed by atoms with van der Waals surface area (Å²) in [5.74, 6) is -0.591. The number of rotatable bonds is 4. The van der Waals surface area contributed by atoms with E-state index in [1.165, 1.54) is 12.1 Å². The molecule has 1 heterocycles. The van der Waals surface area contributed by atoms with E-state index < -0.39 is 17.4 Å². The molecule has 7 nitrogen and oxygen atoms in total. The van der Waals surface area contributed by atoms with Crippen LogP contribution in [0.25, 0.3) is 11.0 Å². The molecule has 3 aromatic rings. The van der Waals surface area contributed by atoms with Crippen molar-refractivity contribution < 1.29 is 18.7 Å². The van der Waals surface area contributed by atoms with E-state index in [0.717, 1.165) is 5.39 Å². The van der Waals surface area contributed by atoms with E-state index in [2.05, 4.69) is 10.9 Å². The van der Waals surface area contributed by atoms with E-state index in [-0.39, 0.29) is 6.61 Å². The lowest BCUT2D eigenvalue weighted by molar-refractivity contribution is -0.123. The number of nitrogens with one attached hydrogen (secondary N) is 2. The highest BCUT2D eigenvalue weighted by Gasteiger charge is 2.08. The van der Waals surface area contributed by atoms with Crippen LogP contribution in [0.15, 0.2) is 69.9 Å². The second kappa shape index (κ2) is 7.31. The average Bonchev–Trinajstić information content (AvgIpc) is 2.64. The molecule has 0 radical (unpaired) electrons. The molecule has 0 saturated heterocycles. The van der Waals surface area contributed by atoms with Crippen molar-refractivity contribution in [2.75, 3.05) is 6.61 Å². The average molecular weight is 338 g/mol. The van der Waals surface area contributed by atoms with Gasteiger partial charge in [0.1, 0.15) is 11.3 Å². The minimum Gasteiger partial charge on any atom is -0.484 e. The van der Waals surface area contributed by atoms with E-state index in [4.69, 9.17) is 9.15 Å². The fourth-order valence-corrected chi connectivity index (χ4v) is 2.10. The van der Waals surface area contributed by atoms with Crippen LogP contribution in [-0.2, 0) is 4.79 Å². The van der Waals surface area contributed by atoms with Gasteiger partial charge in [-0.3, -0.25) is 20.4 Å². The molecule has 7 heteroatoms. The van der Waals surface area contributed by atoms with Crippen molar-refractivity contribution >= 4 is 22.8 Å². The maximum Gasteiger partial charge on any atom is 0.336 e. The van der Waals surface area contributed by atoms with Crippen molar-refractivity contribution in [3.63, 3.8) is 0 Å². The Morgan fingerprint density at radius 1 is 0.960 bits per heavy atom. The molecule has 2 aromatic carbocycles. The van der Waals surface area contributed by atoms with Crippen molar-refractivity contribution in [3.8, 4) is 5.75 Å². The molecule has 0 aliphatic carbocycles. The third-order valence-corrected chi connectivity index (χ3v) is 3.32. The zero-order valence-corrected chi connectivity index (χ0v) is 13.0. The van der Waals surface area contributed by atoms with Crippen LogP contribution in [-0.4, -0.2) is 18.4 Å². The van der Waals surface area contributed by atoms with Gasteiger partial charge >= 0.3 is 5.63 Å². The van der Waals surface area contributed by atoms with Crippen LogP contribution in [0.2, 0.25) is 0 Å². The molecular weight excluding hydrogens is 324 g/mol. The molecule has 0 saturated carbocycles. The van der Waals surface area contributed by atoms with Crippen molar-refractivity contribution in [1.29, 1.82) is 0 Å². The van der Waals surface area contributed by atoms with Crippen molar-refractivity contribution in [1.82, 2.24) is 10.9 Å². The number of hydrogen-bond acceptors (Lipinski definition) is 5. The molecule has 0 aliphatic rings. The molecule has 0 spiro atoms. The number of benzene rings is 2. The predicted molar refractivity (Wildman–Crippen MR) is 90.0 cm³/mol. The third-order valence-electron chi connectivity index (χ3n) is 3.32. The van der Waals surface area contributed by atoms with E-state index in [1.54, 1.807) is 48.5 Å². The number of carbonyl (C=O) groups excluding carboxylic acids is 2. The zero-order chi connectivity index (χ0) is 17.6. The van der Waals surface area contributed by atoms with Crippen LogP contribution in [0.5, 0.6) is 5.75 Å². The van der Waals surface area contributed by atoms with Crippen LogP contribution < -0.4 is 21.2 Å². The van der Waals surface area contributed by atoms with Gasteiger partial charge in [-0.1, -0.05) is 18.2 Å². The highest BCUT2D eigenvalue weighted by Crippen LogP contribution is 2.19. The zero-order valence-electron chi connectivity index (χ0n) is 13.0. The monoisotopic (exact) mass is 338 g/mol. The first-order chi connectivity index (χ1) is 12.1. The lowest BCUT2D eigenvalue weighted by Gasteiger charge is -2.09. The van der Waals surface area contributed by atoms with Gasteiger partial charge in [0.15, 0.2) is 6.61 Å². The first-order valence-electron chi connectivity index (χ1n) is 7.43. The Bertz CT molecular complexity index is 966. The van der Waals surface area contributed by atoms with Gasteiger partial charge in [-0.15, -0.1) is 0 Å². The first-order valence-corrected chi connectivity index (χ1v) is 7.43. The summed E-state index contributed by atoms with van der Waals surface area (Å²) in [7, 11) is 0. The van der Waals surface area contributed by atoms with Crippen molar-refractivity contribution in [2.24, 2.45) is 0 Å². The molecule has 2 N–H and O–H groups in total. The van der Waals surface area contributed by atoms with Gasteiger partial charge in [0.2, 0.25) is 0 Å². The van der Waals surface area contributed by atoms with Crippen molar-refractivity contribution in [2.45, 2.75) is 0 Å². The summed E-state index contributed by atoms with van der Waals surface area (Å²) in [6.45, 7) is -0.308. The highest BCUT2D eigenvalue weighted by molar-refractivity contribution is 5.95. The Morgan fingerprint density at radius 3 is 2.52 bits per heavy atom. The van der Waals surface area contributed by atoms with Gasteiger partial charge in [-0.05, 0) is 30.3 Å². The van der Waals surface area contributed by atoms with Crippen LogP contribution in [0.3, 0.4) is 0 Å². The number of hydrogen-bond donors (Lipinski definition) is 2. The number of ether oxygens (including phenoxy) is 1. The smallest absolute Gasteiger partial charge is 0.336 e. The van der Waals surface area contributed by atoms with Gasteiger partial charge in [0, 0.05) is 23.1 Å². The van der Waals surface area contributed by atoms with Crippen LogP contribution >= 0.6 is 0 Å². The summed E-state index contributed by atoms with van der Waals surface area (Å²) in [6, 6.07) is 16.3. The molecule has 1 aromatic heterocycles. The summed E-state index contributed by atoms with van der Waals surface area (Å²) >= 11 is 0. The van der Waals surface area contributed by atoms with Gasteiger partial charge in [0.05, 0.1) is 0 Å². The lowest BCUT2D eigenvalue weighted by atomic mass is 10.2. The summed E-state index contributed by atoms with van der Waals surface area (Å²) < 4.78 is 10.4. The fourth-order valence-electron chi connectivity index (χ4n) is 2.10. The van der Waals surface area contributed by atoms with Gasteiger partial charge in [0.25, 0.3) is 11.8 Å². The molecule has 0 fully saturated rings. The molecule has 0 unspecified atom stereocenters. The van der Waals surface area contributed by atoms with Gasteiger partial charge in [-0.25, -0.2) is 4.79 Å². The summed E-state index contributed by atoms with van der Waals surface area (Å²) in [4.78, 5) is 34.8. The molecule has 0 atom stereocenters. The molecule has 25 heavy (non-hydrogen) atoms. The van der Waals surface area contributed by atoms with E-state index in [0.29, 0.717) is 16.9 Å². The van der Waals surface area contributed by atoms with Crippen molar-refractivity contribution in [3.05, 3.63) is 76.6 Å². The lowest BCUT2D eigenvalue weighted by Crippen LogP contribution is -2.43. The predicted octanol–water partition coefficient (Wildman–Crippen LogP) is 1.63. The number of carbonyl (C=O) groups is 2. The highest BCUT2D eigenvalue weighted by atomic mass is 16.5. The number of fused-ring (bicyclic) bond motifs is 1. The normalized spacial score (nSPS) is 10.2. The Kier molecular flexibility index (Phi) is 4.75. The van der Waals surface area contributed by atoms with E-state index in [9.17, 15) is 14.4 Å². The van der Waals surface area contributed by atoms with Gasteiger partial charge < -0.3 is 9.15 Å². The summed E-state index contributed by atoms with van der Waals surface area (Å²) in [5.41, 5.74) is 4.88. The Labute approximate surface area is 142 Å². The summed E-state index contributed by atoms with van der Waals surface area (Å²) in [5, 5.41) is 0.742. The molecule has 2 amide bonds. The fraction of sp³-hybridized carbons (Fsp3) is 0.0556. The maximum absolute atomic E-state index is 11.8. The second-order valence-electron chi connectivity index (χ2n) is 5.11. The molecule has 3 rings (SSSR count). The van der Waals surface area contributed by atoms with Gasteiger partial charge in [-0.2, -0.15) is 0 Å². The molecule has 0 aliphatic heterocycles. The SMILES string of the molecule is O=C(COc1ccc2ccc(=O)oc2c1)NNC(=O)c1ccccc1. The maximum atomic E-state index is 11.8. The van der Waals surface area contributed by atoms with Crippen LogP contribution in [0.4, 0.5) is 0 Å². The number of hydrazine groups is 1. The molecule has 0 bridgehead atoms. The largest absolute Gasteiger partial charge is 0.484 e. The Balaban J connectivity index is 1.54. The third kappa shape index (κ3) is 4.23. The minimum atomic E-state index is -0.529. The standard InChI is InChI=1S/C18H14N2O5/c21-16(19-20-18(23)13-4-2-1-3-5-13)11-24-14-8-6-12-7-9-17(22)25-15(12)10-14/h1-10H,11H2,(H,19,21)(H,20,23). The molecule has 126 valence electrons. The van der Waals surface area contributed by atoms with E-state index >= 15 is 0 Å². The van der Waals surface area contributed by atoms with Crippen LogP contribution in [0.1, 0.15) is 10.4 Å². The second-order valence-corrected chi connectivity index (χ2v) is 5.11. The quantitative estimate of drug-likeness (QED) is 0.557. The topological polar surface area (TPSA) is 97.6 Å². The Morgan fingerprint density at radius 2 is 1.72 bits per heavy atom. The Hall–Kier alpha value is -3.61. The summed E-state index contributed by atoms with van der Waals surface area (Å²) in [6.07, 6.45) is 0. The first kappa shape index (κ1) is 16.3.